The number of nitrogens with one attached hydrogen (secondary N) is 1. The molecule has 0 amide bonds. The topological polar surface area (TPSA) is 58.6 Å². The first-order chi connectivity index (χ1) is 8.49. The summed E-state index contributed by atoms with van der Waals surface area (Å²) in [6.45, 7) is 5.53. The highest BCUT2D eigenvalue weighted by atomic mass is 32.2. The molecule has 0 saturated carbocycles. The van der Waals surface area contributed by atoms with Crippen molar-refractivity contribution in [3.8, 4) is 0 Å². The SMILES string of the molecule is Cc1ccc(C)c(NS(=O)(=O)N2CCOCC2)c1. The van der Waals surface area contributed by atoms with Crippen LogP contribution in [0.4, 0.5) is 5.69 Å². The van der Waals surface area contributed by atoms with Gasteiger partial charge in [-0.15, -0.1) is 0 Å². The summed E-state index contributed by atoms with van der Waals surface area (Å²) in [6.07, 6.45) is 0. The van der Waals surface area contributed by atoms with Crippen LogP contribution < -0.4 is 4.72 Å². The number of morpholine rings is 1. The van der Waals surface area contributed by atoms with Crippen LogP contribution in [-0.4, -0.2) is 39.0 Å². The number of nitrogens with zero attached hydrogens (tertiary/aromatic N) is 1. The van der Waals surface area contributed by atoms with Crippen LogP contribution in [0.5, 0.6) is 0 Å². The van der Waals surface area contributed by atoms with Crippen molar-refractivity contribution >= 4 is 15.9 Å². The van der Waals surface area contributed by atoms with Gasteiger partial charge in [0.1, 0.15) is 0 Å². The Kier molecular flexibility index (Phi) is 3.89. The average Bonchev–Trinajstić information content (AvgIpc) is 2.35. The highest BCUT2D eigenvalue weighted by molar-refractivity contribution is 7.90. The van der Waals surface area contributed by atoms with Gasteiger partial charge in [0.15, 0.2) is 0 Å². The zero-order valence-electron chi connectivity index (χ0n) is 10.6. The van der Waals surface area contributed by atoms with Crippen LogP contribution in [0.2, 0.25) is 0 Å². The Hall–Kier alpha value is -1.11. The fraction of sp³-hybridized carbons (Fsp3) is 0.500. The number of benzene rings is 1. The van der Waals surface area contributed by atoms with Gasteiger partial charge in [-0.2, -0.15) is 12.7 Å². The second-order valence-electron chi connectivity index (χ2n) is 4.44. The maximum atomic E-state index is 12.2. The van der Waals surface area contributed by atoms with E-state index in [0.29, 0.717) is 32.0 Å². The maximum absolute atomic E-state index is 12.2. The summed E-state index contributed by atoms with van der Waals surface area (Å²) in [7, 11) is -3.47. The smallest absolute Gasteiger partial charge is 0.301 e. The molecule has 1 aromatic rings. The monoisotopic (exact) mass is 270 g/mol. The van der Waals surface area contributed by atoms with Gasteiger partial charge in [0.2, 0.25) is 0 Å². The Bertz CT molecular complexity index is 522. The highest BCUT2D eigenvalue weighted by Crippen LogP contribution is 2.19. The third-order valence-electron chi connectivity index (χ3n) is 2.94. The molecule has 1 heterocycles. The van der Waals surface area contributed by atoms with E-state index >= 15 is 0 Å². The van der Waals surface area contributed by atoms with Crippen LogP contribution >= 0.6 is 0 Å². The molecule has 18 heavy (non-hydrogen) atoms. The molecular formula is C12H18N2O3S. The number of rotatable bonds is 3. The molecule has 0 bridgehead atoms. The van der Waals surface area contributed by atoms with Crippen molar-refractivity contribution in [2.45, 2.75) is 13.8 Å². The Morgan fingerprint density at radius 3 is 2.56 bits per heavy atom. The summed E-state index contributed by atoms with van der Waals surface area (Å²) in [5.41, 5.74) is 2.58. The van der Waals surface area contributed by atoms with Gasteiger partial charge in [-0.3, -0.25) is 4.72 Å². The van der Waals surface area contributed by atoms with Crippen LogP contribution in [0.15, 0.2) is 18.2 Å². The number of aryl methyl sites for hydroxylation is 2. The predicted molar refractivity (Wildman–Crippen MR) is 70.9 cm³/mol. The first-order valence-corrected chi connectivity index (χ1v) is 7.36. The Balaban J connectivity index is 2.18. The Morgan fingerprint density at radius 1 is 1.22 bits per heavy atom. The van der Waals surface area contributed by atoms with E-state index in [1.54, 1.807) is 0 Å². The molecule has 0 spiro atoms. The van der Waals surface area contributed by atoms with Gasteiger partial charge in [-0.05, 0) is 31.0 Å². The van der Waals surface area contributed by atoms with Gasteiger partial charge in [-0.1, -0.05) is 12.1 Å². The highest BCUT2D eigenvalue weighted by Gasteiger charge is 2.24. The van der Waals surface area contributed by atoms with E-state index in [1.807, 2.05) is 32.0 Å². The standard InChI is InChI=1S/C12H18N2O3S/c1-10-3-4-11(2)12(9-10)13-18(15,16)14-5-7-17-8-6-14/h3-4,9,13H,5-8H2,1-2H3. The van der Waals surface area contributed by atoms with Gasteiger partial charge in [-0.25, -0.2) is 0 Å². The Labute approximate surface area is 108 Å². The van der Waals surface area contributed by atoms with Gasteiger partial charge in [0.25, 0.3) is 0 Å². The summed E-state index contributed by atoms with van der Waals surface area (Å²) >= 11 is 0. The summed E-state index contributed by atoms with van der Waals surface area (Å²) in [5, 5.41) is 0. The molecule has 6 heteroatoms. The Morgan fingerprint density at radius 2 is 1.89 bits per heavy atom. The van der Waals surface area contributed by atoms with Crippen LogP contribution in [0.3, 0.4) is 0 Å². The number of ether oxygens (including phenoxy) is 1. The molecule has 0 aliphatic carbocycles. The van der Waals surface area contributed by atoms with E-state index in [1.165, 1.54) is 4.31 Å². The van der Waals surface area contributed by atoms with Crippen molar-refractivity contribution in [2.24, 2.45) is 0 Å². The third-order valence-corrected chi connectivity index (χ3v) is 4.46. The largest absolute Gasteiger partial charge is 0.379 e. The van der Waals surface area contributed by atoms with Crippen LogP contribution in [-0.2, 0) is 14.9 Å². The van der Waals surface area contributed by atoms with Crippen LogP contribution in [0, 0.1) is 13.8 Å². The zero-order chi connectivity index (χ0) is 13.2. The quantitative estimate of drug-likeness (QED) is 0.900. The lowest BCUT2D eigenvalue weighted by atomic mass is 10.1. The molecular weight excluding hydrogens is 252 g/mol. The normalized spacial score (nSPS) is 17.7. The molecule has 1 fully saturated rings. The van der Waals surface area contributed by atoms with Gasteiger partial charge >= 0.3 is 10.2 Å². The van der Waals surface area contributed by atoms with E-state index in [4.69, 9.17) is 4.74 Å². The first-order valence-electron chi connectivity index (χ1n) is 5.92. The summed E-state index contributed by atoms with van der Waals surface area (Å²) < 4.78 is 33.6. The zero-order valence-corrected chi connectivity index (χ0v) is 11.5. The van der Waals surface area contributed by atoms with E-state index in [9.17, 15) is 8.42 Å². The summed E-state index contributed by atoms with van der Waals surface area (Å²) in [6, 6.07) is 5.71. The fourth-order valence-electron chi connectivity index (χ4n) is 1.84. The third kappa shape index (κ3) is 3.01. The molecule has 0 radical (unpaired) electrons. The molecule has 2 rings (SSSR count). The maximum Gasteiger partial charge on any atom is 0.301 e. The molecule has 0 aromatic heterocycles. The number of hydrogen-bond donors (Lipinski definition) is 1. The molecule has 1 saturated heterocycles. The average molecular weight is 270 g/mol. The molecule has 0 unspecified atom stereocenters. The molecule has 1 aliphatic heterocycles. The lowest BCUT2D eigenvalue weighted by molar-refractivity contribution is 0.0733. The van der Waals surface area contributed by atoms with Crippen molar-refractivity contribution in [3.05, 3.63) is 29.3 Å². The molecule has 1 aromatic carbocycles. The van der Waals surface area contributed by atoms with Crippen molar-refractivity contribution < 1.29 is 13.2 Å². The van der Waals surface area contributed by atoms with Crippen molar-refractivity contribution in [1.29, 1.82) is 0 Å². The van der Waals surface area contributed by atoms with Crippen LogP contribution in [0.25, 0.3) is 0 Å². The number of anilines is 1. The molecule has 100 valence electrons. The fourth-order valence-corrected chi connectivity index (χ4v) is 3.09. The minimum atomic E-state index is -3.47. The molecule has 5 nitrogen and oxygen atoms in total. The van der Waals surface area contributed by atoms with E-state index in [0.717, 1.165) is 11.1 Å². The second kappa shape index (κ2) is 5.26. The molecule has 1 N–H and O–H groups in total. The first kappa shape index (κ1) is 13.3. The minimum Gasteiger partial charge on any atom is -0.379 e. The van der Waals surface area contributed by atoms with Gasteiger partial charge < -0.3 is 4.74 Å². The molecule has 1 aliphatic rings. The van der Waals surface area contributed by atoms with Crippen molar-refractivity contribution in [2.75, 3.05) is 31.0 Å². The van der Waals surface area contributed by atoms with E-state index in [2.05, 4.69) is 4.72 Å². The lowest BCUT2D eigenvalue weighted by Gasteiger charge is -2.26. The number of hydrogen-bond acceptors (Lipinski definition) is 3. The second-order valence-corrected chi connectivity index (χ2v) is 6.11. The van der Waals surface area contributed by atoms with Crippen molar-refractivity contribution in [1.82, 2.24) is 4.31 Å². The van der Waals surface area contributed by atoms with E-state index < -0.39 is 10.2 Å². The predicted octanol–water partition coefficient (Wildman–Crippen LogP) is 1.29. The summed E-state index contributed by atoms with van der Waals surface area (Å²) in [4.78, 5) is 0. The molecule has 0 atom stereocenters. The van der Waals surface area contributed by atoms with Crippen molar-refractivity contribution in [3.63, 3.8) is 0 Å². The van der Waals surface area contributed by atoms with Crippen LogP contribution in [0.1, 0.15) is 11.1 Å². The lowest BCUT2D eigenvalue weighted by Crippen LogP contribution is -2.43. The van der Waals surface area contributed by atoms with E-state index in [-0.39, 0.29) is 0 Å². The van der Waals surface area contributed by atoms with Gasteiger partial charge in [0.05, 0.1) is 18.9 Å². The summed E-state index contributed by atoms with van der Waals surface area (Å²) in [5.74, 6) is 0. The minimum absolute atomic E-state index is 0.403. The van der Waals surface area contributed by atoms with Gasteiger partial charge in [0, 0.05) is 13.1 Å².